The molecule has 0 bridgehead atoms. The largest absolute Gasteiger partial charge is 0.396 e. The third-order valence-electron chi connectivity index (χ3n) is 7.37. The van der Waals surface area contributed by atoms with Gasteiger partial charge >= 0.3 is 0 Å². The lowest BCUT2D eigenvalue weighted by Gasteiger charge is -2.69. The second-order valence-corrected chi connectivity index (χ2v) is 12.7. The fourth-order valence-electron chi connectivity index (χ4n) is 5.31. The van der Waals surface area contributed by atoms with Gasteiger partial charge < -0.3 is 5.11 Å². The Morgan fingerprint density at radius 3 is 2.32 bits per heavy atom. The van der Waals surface area contributed by atoms with E-state index in [9.17, 15) is 5.11 Å². The van der Waals surface area contributed by atoms with Crippen molar-refractivity contribution >= 4 is 7.92 Å². The summed E-state index contributed by atoms with van der Waals surface area (Å²) in [7, 11) is 0.0683. The highest BCUT2D eigenvalue weighted by atomic mass is 31.1. The monoisotopic (exact) mass is 326 g/mol. The molecule has 0 amide bonds. The Labute approximate surface area is 140 Å². The van der Waals surface area contributed by atoms with Crippen LogP contribution in [0.3, 0.4) is 0 Å². The molecular weight excluding hydrogens is 287 g/mol. The highest BCUT2D eigenvalue weighted by Crippen LogP contribution is 2.80. The van der Waals surface area contributed by atoms with Crippen LogP contribution in [0.15, 0.2) is 0 Å². The van der Waals surface area contributed by atoms with Crippen LogP contribution in [0.1, 0.15) is 80.6 Å². The number of hydrogen-bond acceptors (Lipinski definition) is 1. The van der Waals surface area contributed by atoms with Crippen LogP contribution in [0.4, 0.5) is 0 Å². The van der Waals surface area contributed by atoms with E-state index < -0.39 is 0 Å². The molecule has 0 spiro atoms. The van der Waals surface area contributed by atoms with Crippen LogP contribution in [0.25, 0.3) is 0 Å². The molecule has 1 nitrogen and oxygen atoms in total. The standard InChI is InChI=1S/C20H39OP/c1-14(2)16-11-10-15(3)13-17(16)22-18(9-8-12-21)19(4,5)20(22,6)7/h14-18,21H,8-13H2,1-7H3/t15-,16+,17-,18+,22?/m1/s1. The molecule has 1 aliphatic carbocycles. The summed E-state index contributed by atoms with van der Waals surface area (Å²) in [5.41, 5.74) is 2.27. The molecule has 1 unspecified atom stereocenters. The maximum Gasteiger partial charge on any atom is 0.0431 e. The Hall–Kier alpha value is 0.390. The van der Waals surface area contributed by atoms with E-state index in [0.29, 0.717) is 17.2 Å². The normalized spacial score (nSPS) is 40.5. The van der Waals surface area contributed by atoms with Gasteiger partial charge in [-0.15, -0.1) is 0 Å². The first kappa shape index (κ1) is 18.7. The molecule has 1 heterocycles. The van der Waals surface area contributed by atoms with E-state index in [1.54, 1.807) is 0 Å². The van der Waals surface area contributed by atoms with E-state index in [2.05, 4.69) is 48.5 Å². The molecule has 22 heavy (non-hydrogen) atoms. The van der Waals surface area contributed by atoms with E-state index in [1.165, 1.54) is 25.7 Å². The zero-order chi connectivity index (χ0) is 16.7. The van der Waals surface area contributed by atoms with Crippen LogP contribution in [-0.4, -0.2) is 28.2 Å². The summed E-state index contributed by atoms with van der Waals surface area (Å²) in [6.45, 7) is 17.8. The second kappa shape index (κ2) is 6.72. The molecule has 2 aliphatic rings. The summed E-state index contributed by atoms with van der Waals surface area (Å²) in [6.07, 6.45) is 6.59. The van der Waals surface area contributed by atoms with E-state index in [0.717, 1.165) is 35.5 Å². The van der Waals surface area contributed by atoms with Gasteiger partial charge in [-0.05, 0) is 65.3 Å². The van der Waals surface area contributed by atoms with Gasteiger partial charge in [-0.1, -0.05) is 62.8 Å². The van der Waals surface area contributed by atoms with Gasteiger partial charge in [-0.2, -0.15) is 0 Å². The third-order valence-corrected chi connectivity index (χ3v) is 12.1. The molecule has 5 atom stereocenters. The lowest BCUT2D eigenvalue weighted by Crippen LogP contribution is -2.60. The summed E-state index contributed by atoms with van der Waals surface area (Å²) in [6, 6.07) is 0. The molecule has 0 radical (unpaired) electrons. The highest BCUT2D eigenvalue weighted by molar-refractivity contribution is 7.62. The lowest BCUT2D eigenvalue weighted by molar-refractivity contribution is 0.173. The first-order chi connectivity index (χ1) is 10.1. The molecule has 2 fully saturated rings. The Morgan fingerprint density at radius 2 is 1.77 bits per heavy atom. The van der Waals surface area contributed by atoms with Crippen molar-refractivity contribution in [3.8, 4) is 0 Å². The molecule has 0 aromatic heterocycles. The van der Waals surface area contributed by atoms with Gasteiger partial charge in [0.1, 0.15) is 0 Å². The number of aliphatic hydroxyl groups is 1. The van der Waals surface area contributed by atoms with Gasteiger partial charge in [0.2, 0.25) is 0 Å². The first-order valence-electron chi connectivity index (χ1n) is 9.53. The minimum atomic E-state index is 0.0683. The summed E-state index contributed by atoms with van der Waals surface area (Å²) < 4.78 is 0. The quantitative estimate of drug-likeness (QED) is 0.625. The van der Waals surface area contributed by atoms with E-state index in [4.69, 9.17) is 0 Å². The van der Waals surface area contributed by atoms with E-state index in [-0.39, 0.29) is 7.92 Å². The summed E-state index contributed by atoms with van der Waals surface area (Å²) in [4.78, 5) is 0. The summed E-state index contributed by atoms with van der Waals surface area (Å²) in [5.74, 6) is 2.69. The Kier molecular flexibility index (Phi) is 5.72. The fraction of sp³-hybridized carbons (Fsp3) is 1.00. The molecule has 1 saturated carbocycles. The van der Waals surface area contributed by atoms with Gasteiger partial charge in [-0.25, -0.2) is 0 Å². The van der Waals surface area contributed by atoms with Crippen LogP contribution in [-0.2, 0) is 0 Å². The molecule has 2 rings (SSSR count). The van der Waals surface area contributed by atoms with Crippen molar-refractivity contribution in [1.82, 2.24) is 0 Å². The molecule has 130 valence electrons. The number of hydrogen-bond donors (Lipinski definition) is 1. The maximum absolute atomic E-state index is 9.32. The zero-order valence-electron chi connectivity index (χ0n) is 16.0. The molecule has 1 aliphatic heterocycles. The minimum absolute atomic E-state index is 0.0683. The average molecular weight is 327 g/mol. The number of aliphatic hydroxyl groups excluding tert-OH is 1. The van der Waals surface area contributed by atoms with Crippen LogP contribution >= 0.6 is 7.92 Å². The van der Waals surface area contributed by atoms with Crippen molar-refractivity contribution in [1.29, 1.82) is 0 Å². The highest BCUT2D eigenvalue weighted by Gasteiger charge is 2.63. The fourth-order valence-corrected chi connectivity index (χ4v) is 11.0. The first-order valence-corrected chi connectivity index (χ1v) is 11.0. The maximum atomic E-state index is 9.32. The minimum Gasteiger partial charge on any atom is -0.396 e. The summed E-state index contributed by atoms with van der Waals surface area (Å²) >= 11 is 0. The topological polar surface area (TPSA) is 20.2 Å². The Balaban J connectivity index is 2.25. The Bertz CT molecular complexity index is 374. The zero-order valence-corrected chi connectivity index (χ0v) is 16.9. The molecule has 1 saturated heterocycles. The van der Waals surface area contributed by atoms with Crippen molar-refractivity contribution < 1.29 is 5.11 Å². The second-order valence-electron chi connectivity index (χ2n) is 9.46. The predicted octanol–water partition coefficient (Wildman–Crippen LogP) is 5.89. The predicted molar refractivity (Wildman–Crippen MR) is 100 cm³/mol. The molecular formula is C20H39OP. The molecule has 0 aromatic rings. The van der Waals surface area contributed by atoms with Crippen molar-refractivity contribution in [2.75, 3.05) is 6.61 Å². The van der Waals surface area contributed by atoms with Crippen LogP contribution < -0.4 is 0 Å². The van der Waals surface area contributed by atoms with Crippen molar-refractivity contribution in [2.24, 2.45) is 23.2 Å². The van der Waals surface area contributed by atoms with Gasteiger partial charge in [0.25, 0.3) is 0 Å². The molecule has 0 aromatic carbocycles. The summed E-state index contributed by atoms with van der Waals surface area (Å²) in [5, 5.41) is 9.82. The van der Waals surface area contributed by atoms with E-state index in [1.807, 2.05) is 0 Å². The van der Waals surface area contributed by atoms with Crippen LogP contribution in [0, 0.1) is 23.2 Å². The van der Waals surface area contributed by atoms with Crippen LogP contribution in [0.5, 0.6) is 0 Å². The molecule has 2 heteroatoms. The van der Waals surface area contributed by atoms with E-state index >= 15 is 0 Å². The smallest absolute Gasteiger partial charge is 0.0431 e. The van der Waals surface area contributed by atoms with Gasteiger partial charge in [-0.3, -0.25) is 0 Å². The van der Waals surface area contributed by atoms with Gasteiger partial charge in [0, 0.05) is 6.61 Å². The SMILES string of the molecule is CC(C)[C@@H]1CC[C@@H](C)C[C@H]1P1[C@@H](CCCO)C(C)(C)C1(C)C. The third kappa shape index (κ3) is 3.02. The number of rotatable bonds is 5. The van der Waals surface area contributed by atoms with Crippen molar-refractivity contribution in [2.45, 2.75) is 97.0 Å². The lowest BCUT2D eigenvalue weighted by atomic mass is 9.73. The van der Waals surface area contributed by atoms with Crippen molar-refractivity contribution in [3.05, 3.63) is 0 Å². The van der Waals surface area contributed by atoms with Crippen molar-refractivity contribution in [3.63, 3.8) is 0 Å². The van der Waals surface area contributed by atoms with Crippen LogP contribution in [0.2, 0.25) is 0 Å². The molecule has 1 N–H and O–H groups in total. The average Bonchev–Trinajstić information content (AvgIpc) is 2.42. The van der Waals surface area contributed by atoms with Gasteiger partial charge in [0.15, 0.2) is 0 Å². The Morgan fingerprint density at radius 1 is 1.14 bits per heavy atom. The van der Waals surface area contributed by atoms with Gasteiger partial charge in [0.05, 0.1) is 0 Å².